The molecule has 1 atom stereocenters. The molecule has 0 saturated carbocycles. The lowest BCUT2D eigenvalue weighted by molar-refractivity contribution is 0.218. The summed E-state index contributed by atoms with van der Waals surface area (Å²) in [7, 11) is 0. The summed E-state index contributed by atoms with van der Waals surface area (Å²) in [6.07, 6.45) is 2.28. The summed E-state index contributed by atoms with van der Waals surface area (Å²) in [5.41, 5.74) is 6.55. The second-order valence-electron chi connectivity index (χ2n) is 5.15. The molecular weight excluding hydrogens is 236 g/mol. The van der Waals surface area contributed by atoms with Crippen molar-refractivity contribution in [3.8, 4) is 5.75 Å². The molecule has 1 aromatic carbocycles. The standard InChI is InChI=1S/C16H28N2O/c1-4-14(3)13-18(5-2)11-8-12-19-16-10-7-6-9-15(16)17/h6-7,9-10,14H,4-5,8,11-13,17H2,1-3H3. The Morgan fingerprint density at radius 1 is 1.26 bits per heavy atom. The average Bonchev–Trinajstić information content (AvgIpc) is 2.43. The van der Waals surface area contributed by atoms with Crippen molar-refractivity contribution in [2.75, 3.05) is 32.0 Å². The van der Waals surface area contributed by atoms with Crippen LogP contribution >= 0.6 is 0 Å². The Balaban J connectivity index is 2.24. The number of hydrogen-bond acceptors (Lipinski definition) is 3. The van der Waals surface area contributed by atoms with Gasteiger partial charge in [-0.15, -0.1) is 0 Å². The van der Waals surface area contributed by atoms with Crippen LogP contribution in [0.1, 0.15) is 33.6 Å². The van der Waals surface area contributed by atoms with Gasteiger partial charge in [-0.1, -0.05) is 39.3 Å². The van der Waals surface area contributed by atoms with Crippen molar-refractivity contribution in [2.24, 2.45) is 5.92 Å². The van der Waals surface area contributed by atoms with Gasteiger partial charge < -0.3 is 15.4 Å². The molecule has 0 aliphatic carbocycles. The number of rotatable bonds is 9. The Bertz CT molecular complexity index is 354. The second kappa shape index (κ2) is 8.81. The zero-order chi connectivity index (χ0) is 14.1. The van der Waals surface area contributed by atoms with Gasteiger partial charge in [0.25, 0.3) is 0 Å². The minimum Gasteiger partial charge on any atom is -0.491 e. The lowest BCUT2D eigenvalue weighted by Gasteiger charge is -2.23. The van der Waals surface area contributed by atoms with Gasteiger partial charge in [0.05, 0.1) is 12.3 Å². The molecule has 0 amide bonds. The number of nitrogens with two attached hydrogens (primary N) is 1. The summed E-state index contributed by atoms with van der Waals surface area (Å²) in [6.45, 7) is 10.9. The highest BCUT2D eigenvalue weighted by atomic mass is 16.5. The van der Waals surface area contributed by atoms with Crippen LogP contribution in [0.5, 0.6) is 5.75 Å². The van der Waals surface area contributed by atoms with Crippen LogP contribution in [0.25, 0.3) is 0 Å². The number of para-hydroxylation sites is 2. The smallest absolute Gasteiger partial charge is 0.142 e. The monoisotopic (exact) mass is 264 g/mol. The quantitative estimate of drug-likeness (QED) is 0.549. The normalized spacial score (nSPS) is 12.6. The zero-order valence-corrected chi connectivity index (χ0v) is 12.6. The molecule has 0 radical (unpaired) electrons. The maximum atomic E-state index is 5.84. The van der Waals surface area contributed by atoms with Crippen LogP contribution < -0.4 is 10.5 Å². The van der Waals surface area contributed by atoms with E-state index in [1.54, 1.807) is 0 Å². The SMILES string of the molecule is CCC(C)CN(CC)CCCOc1ccccc1N. The molecule has 1 aromatic rings. The molecule has 0 bridgehead atoms. The Morgan fingerprint density at radius 2 is 2.00 bits per heavy atom. The van der Waals surface area contributed by atoms with E-state index < -0.39 is 0 Å². The maximum absolute atomic E-state index is 5.84. The number of nitrogens with zero attached hydrogens (tertiary/aromatic N) is 1. The Kier molecular flexibility index (Phi) is 7.34. The summed E-state index contributed by atoms with van der Waals surface area (Å²) < 4.78 is 5.71. The van der Waals surface area contributed by atoms with Crippen molar-refractivity contribution < 1.29 is 4.74 Å². The minimum atomic E-state index is 0.717. The number of ether oxygens (including phenoxy) is 1. The summed E-state index contributed by atoms with van der Waals surface area (Å²) in [5.74, 6) is 1.57. The van der Waals surface area contributed by atoms with E-state index in [0.29, 0.717) is 0 Å². The van der Waals surface area contributed by atoms with Gasteiger partial charge in [0, 0.05) is 13.1 Å². The predicted octanol–water partition coefficient (Wildman–Crippen LogP) is 3.41. The number of anilines is 1. The molecule has 1 unspecified atom stereocenters. The van der Waals surface area contributed by atoms with Crippen LogP contribution in [-0.4, -0.2) is 31.1 Å². The third-order valence-electron chi connectivity index (χ3n) is 3.51. The van der Waals surface area contributed by atoms with Gasteiger partial charge in [-0.05, 0) is 31.0 Å². The first-order valence-corrected chi connectivity index (χ1v) is 7.37. The summed E-state index contributed by atoms with van der Waals surface area (Å²) in [4.78, 5) is 2.49. The van der Waals surface area contributed by atoms with Crippen molar-refractivity contribution in [3.05, 3.63) is 24.3 Å². The van der Waals surface area contributed by atoms with Gasteiger partial charge in [0.1, 0.15) is 5.75 Å². The first-order valence-electron chi connectivity index (χ1n) is 7.37. The van der Waals surface area contributed by atoms with Gasteiger partial charge in [-0.3, -0.25) is 0 Å². The van der Waals surface area contributed by atoms with Crippen LogP contribution in [-0.2, 0) is 0 Å². The fourth-order valence-electron chi connectivity index (χ4n) is 2.03. The first-order chi connectivity index (χ1) is 9.17. The van der Waals surface area contributed by atoms with E-state index in [1.165, 1.54) is 13.0 Å². The largest absolute Gasteiger partial charge is 0.491 e. The average molecular weight is 264 g/mol. The molecule has 1 rings (SSSR count). The highest BCUT2D eigenvalue weighted by Crippen LogP contribution is 2.19. The maximum Gasteiger partial charge on any atom is 0.142 e. The molecule has 19 heavy (non-hydrogen) atoms. The molecule has 0 aromatic heterocycles. The molecular formula is C16H28N2O. The summed E-state index contributed by atoms with van der Waals surface area (Å²) in [6, 6.07) is 7.67. The number of nitrogen functional groups attached to an aromatic ring is 1. The van der Waals surface area contributed by atoms with Crippen LogP contribution in [0.3, 0.4) is 0 Å². The van der Waals surface area contributed by atoms with Crippen LogP contribution in [0.4, 0.5) is 5.69 Å². The molecule has 108 valence electrons. The number of hydrogen-bond donors (Lipinski definition) is 1. The molecule has 0 aliphatic heterocycles. The Labute approximate surface area is 117 Å². The van der Waals surface area contributed by atoms with Crippen molar-refractivity contribution in [1.29, 1.82) is 0 Å². The lowest BCUT2D eigenvalue weighted by Crippen LogP contribution is -2.30. The van der Waals surface area contributed by atoms with E-state index in [0.717, 1.165) is 43.5 Å². The van der Waals surface area contributed by atoms with Crippen LogP contribution in [0.15, 0.2) is 24.3 Å². The fraction of sp³-hybridized carbons (Fsp3) is 0.625. The summed E-state index contributed by atoms with van der Waals surface area (Å²) >= 11 is 0. The van der Waals surface area contributed by atoms with Crippen LogP contribution in [0, 0.1) is 5.92 Å². The predicted molar refractivity (Wildman–Crippen MR) is 82.5 cm³/mol. The van der Waals surface area contributed by atoms with E-state index in [2.05, 4.69) is 25.7 Å². The van der Waals surface area contributed by atoms with Crippen molar-refractivity contribution >= 4 is 5.69 Å². The molecule has 2 N–H and O–H groups in total. The Hall–Kier alpha value is -1.22. The van der Waals surface area contributed by atoms with Crippen molar-refractivity contribution in [1.82, 2.24) is 4.90 Å². The van der Waals surface area contributed by atoms with E-state index in [4.69, 9.17) is 10.5 Å². The lowest BCUT2D eigenvalue weighted by atomic mass is 10.1. The third-order valence-corrected chi connectivity index (χ3v) is 3.51. The van der Waals surface area contributed by atoms with E-state index >= 15 is 0 Å². The third kappa shape index (κ3) is 5.97. The zero-order valence-electron chi connectivity index (χ0n) is 12.6. The topological polar surface area (TPSA) is 38.5 Å². The van der Waals surface area contributed by atoms with Gasteiger partial charge in [0.15, 0.2) is 0 Å². The highest BCUT2D eigenvalue weighted by Gasteiger charge is 2.07. The van der Waals surface area contributed by atoms with Gasteiger partial charge in [-0.2, -0.15) is 0 Å². The highest BCUT2D eigenvalue weighted by molar-refractivity contribution is 5.51. The van der Waals surface area contributed by atoms with E-state index in [9.17, 15) is 0 Å². The van der Waals surface area contributed by atoms with Crippen molar-refractivity contribution in [2.45, 2.75) is 33.6 Å². The first kappa shape index (κ1) is 15.8. The number of benzene rings is 1. The van der Waals surface area contributed by atoms with Crippen molar-refractivity contribution in [3.63, 3.8) is 0 Å². The van der Waals surface area contributed by atoms with Gasteiger partial charge in [-0.25, -0.2) is 0 Å². The van der Waals surface area contributed by atoms with Gasteiger partial charge in [0.2, 0.25) is 0 Å². The second-order valence-corrected chi connectivity index (χ2v) is 5.15. The van der Waals surface area contributed by atoms with E-state index in [-0.39, 0.29) is 0 Å². The molecule has 0 aliphatic rings. The molecule has 0 fully saturated rings. The fourth-order valence-corrected chi connectivity index (χ4v) is 2.03. The molecule has 3 nitrogen and oxygen atoms in total. The Morgan fingerprint density at radius 3 is 2.63 bits per heavy atom. The molecule has 3 heteroatoms. The van der Waals surface area contributed by atoms with Gasteiger partial charge >= 0.3 is 0 Å². The summed E-state index contributed by atoms with van der Waals surface area (Å²) in [5, 5.41) is 0. The molecule has 0 spiro atoms. The van der Waals surface area contributed by atoms with E-state index in [1.807, 2.05) is 24.3 Å². The molecule has 0 heterocycles. The minimum absolute atomic E-state index is 0.717. The van der Waals surface area contributed by atoms with Crippen LogP contribution in [0.2, 0.25) is 0 Å². The molecule has 0 saturated heterocycles.